The number of rotatable bonds is 2. The predicted molar refractivity (Wildman–Crippen MR) is 77.2 cm³/mol. The number of nitrogens with zero attached hydrogens (tertiary/aromatic N) is 2. The molecule has 0 fully saturated rings. The second kappa shape index (κ2) is 5.25. The molecule has 0 aliphatic carbocycles. The van der Waals surface area contributed by atoms with E-state index in [4.69, 9.17) is 10.3 Å². The quantitative estimate of drug-likeness (QED) is 0.708. The smallest absolute Gasteiger partial charge is 0.258 e. The number of halogens is 3. The van der Waals surface area contributed by atoms with Crippen molar-refractivity contribution in [2.24, 2.45) is 0 Å². The SMILES string of the molecule is Nc1cc(Br)cc(-c2nc(-c3cc(F)cc(F)c3)no2)c1. The zero-order valence-electron chi connectivity index (χ0n) is 10.5. The van der Waals surface area contributed by atoms with Crippen LogP contribution in [0.2, 0.25) is 0 Å². The lowest BCUT2D eigenvalue weighted by atomic mass is 10.2. The first-order valence-electron chi connectivity index (χ1n) is 5.88. The Morgan fingerprint density at radius 3 is 2.33 bits per heavy atom. The molecule has 4 nitrogen and oxygen atoms in total. The van der Waals surface area contributed by atoms with Gasteiger partial charge in [-0.25, -0.2) is 8.78 Å². The van der Waals surface area contributed by atoms with Crippen LogP contribution in [0.4, 0.5) is 14.5 Å². The lowest BCUT2D eigenvalue weighted by Crippen LogP contribution is -1.87. The maximum atomic E-state index is 13.2. The van der Waals surface area contributed by atoms with Crippen molar-refractivity contribution >= 4 is 21.6 Å². The Hall–Kier alpha value is -2.28. The molecule has 7 heteroatoms. The van der Waals surface area contributed by atoms with Crippen LogP contribution in [-0.2, 0) is 0 Å². The molecule has 0 spiro atoms. The van der Waals surface area contributed by atoms with Crippen molar-refractivity contribution in [3.05, 3.63) is 52.5 Å². The van der Waals surface area contributed by atoms with Crippen molar-refractivity contribution < 1.29 is 13.3 Å². The zero-order chi connectivity index (χ0) is 15.0. The van der Waals surface area contributed by atoms with Crippen LogP contribution in [0.5, 0.6) is 0 Å². The van der Waals surface area contributed by atoms with E-state index in [2.05, 4.69) is 26.1 Å². The second-order valence-electron chi connectivity index (χ2n) is 4.35. The first-order valence-corrected chi connectivity index (χ1v) is 6.67. The van der Waals surface area contributed by atoms with Crippen molar-refractivity contribution in [3.8, 4) is 22.8 Å². The molecule has 1 heterocycles. The Bertz CT molecular complexity index is 713. The van der Waals surface area contributed by atoms with Gasteiger partial charge in [-0.1, -0.05) is 21.1 Å². The van der Waals surface area contributed by atoms with Gasteiger partial charge >= 0.3 is 0 Å². The van der Waals surface area contributed by atoms with Crippen LogP contribution in [0, 0.1) is 11.6 Å². The standard InChI is InChI=1S/C14H8BrF2N3O/c15-9-1-8(4-12(18)5-9)14-19-13(20-21-14)7-2-10(16)6-11(17)3-7/h1-6H,18H2. The number of hydrogen-bond donors (Lipinski definition) is 1. The lowest BCUT2D eigenvalue weighted by Gasteiger charge is -1.98. The number of benzene rings is 2. The van der Waals surface area contributed by atoms with E-state index in [-0.39, 0.29) is 17.3 Å². The van der Waals surface area contributed by atoms with Gasteiger partial charge in [-0.2, -0.15) is 4.98 Å². The van der Waals surface area contributed by atoms with E-state index >= 15 is 0 Å². The van der Waals surface area contributed by atoms with Gasteiger partial charge in [-0.3, -0.25) is 0 Å². The Morgan fingerprint density at radius 2 is 1.67 bits per heavy atom. The van der Waals surface area contributed by atoms with E-state index in [9.17, 15) is 8.78 Å². The molecule has 2 N–H and O–H groups in total. The summed E-state index contributed by atoms with van der Waals surface area (Å²) >= 11 is 3.31. The van der Waals surface area contributed by atoms with E-state index in [0.717, 1.165) is 22.7 Å². The highest BCUT2D eigenvalue weighted by Gasteiger charge is 2.13. The molecule has 0 aliphatic heterocycles. The van der Waals surface area contributed by atoms with Crippen molar-refractivity contribution in [3.63, 3.8) is 0 Å². The Kier molecular flexibility index (Phi) is 3.42. The number of anilines is 1. The fraction of sp³-hybridized carbons (Fsp3) is 0. The van der Waals surface area contributed by atoms with Gasteiger partial charge in [0.1, 0.15) is 11.6 Å². The van der Waals surface area contributed by atoms with E-state index in [1.165, 1.54) is 0 Å². The van der Waals surface area contributed by atoms with Crippen LogP contribution in [0.25, 0.3) is 22.8 Å². The highest BCUT2D eigenvalue weighted by atomic mass is 79.9. The second-order valence-corrected chi connectivity index (χ2v) is 5.27. The maximum Gasteiger partial charge on any atom is 0.258 e. The molecule has 1 aromatic heterocycles. The minimum absolute atomic E-state index is 0.0990. The van der Waals surface area contributed by atoms with Gasteiger partial charge in [0.15, 0.2) is 0 Å². The molecule has 3 rings (SSSR count). The van der Waals surface area contributed by atoms with Gasteiger partial charge in [0.25, 0.3) is 5.89 Å². The monoisotopic (exact) mass is 351 g/mol. The molecule has 0 bridgehead atoms. The molecule has 0 saturated carbocycles. The van der Waals surface area contributed by atoms with Crippen LogP contribution >= 0.6 is 15.9 Å². The molecule has 0 radical (unpaired) electrons. The third-order valence-corrected chi connectivity index (χ3v) is 3.17. The van der Waals surface area contributed by atoms with Gasteiger partial charge < -0.3 is 10.3 Å². The Labute approximate surface area is 126 Å². The molecule has 106 valence electrons. The molecule has 0 saturated heterocycles. The van der Waals surface area contributed by atoms with Crippen molar-refractivity contribution in [1.29, 1.82) is 0 Å². The fourth-order valence-corrected chi connectivity index (χ4v) is 2.39. The number of hydrogen-bond acceptors (Lipinski definition) is 4. The predicted octanol–water partition coefficient (Wildman–Crippen LogP) is 4.03. The summed E-state index contributed by atoms with van der Waals surface area (Å²) in [4.78, 5) is 4.13. The number of nitrogens with two attached hydrogens (primary N) is 1. The van der Waals surface area contributed by atoms with Gasteiger partial charge in [0.2, 0.25) is 5.82 Å². The molecular weight excluding hydrogens is 344 g/mol. The summed E-state index contributed by atoms with van der Waals surface area (Å²) < 4.78 is 32.3. The minimum atomic E-state index is -0.706. The van der Waals surface area contributed by atoms with Gasteiger partial charge in [-0.05, 0) is 30.3 Å². The van der Waals surface area contributed by atoms with E-state index < -0.39 is 11.6 Å². The van der Waals surface area contributed by atoms with E-state index in [1.807, 2.05) is 0 Å². The summed E-state index contributed by atoms with van der Waals surface area (Å²) in [6, 6.07) is 8.18. The molecule has 0 atom stereocenters. The zero-order valence-corrected chi connectivity index (χ0v) is 12.1. The van der Waals surface area contributed by atoms with Crippen molar-refractivity contribution in [1.82, 2.24) is 10.1 Å². The topological polar surface area (TPSA) is 64.9 Å². The third-order valence-electron chi connectivity index (χ3n) is 2.71. The minimum Gasteiger partial charge on any atom is -0.399 e. The van der Waals surface area contributed by atoms with Crippen molar-refractivity contribution in [2.75, 3.05) is 5.73 Å². The van der Waals surface area contributed by atoms with E-state index in [0.29, 0.717) is 11.3 Å². The highest BCUT2D eigenvalue weighted by molar-refractivity contribution is 9.10. The average molecular weight is 352 g/mol. The van der Waals surface area contributed by atoms with Gasteiger partial charge in [0, 0.05) is 27.4 Å². The molecule has 2 aromatic carbocycles. The van der Waals surface area contributed by atoms with Crippen LogP contribution in [-0.4, -0.2) is 10.1 Å². The van der Waals surface area contributed by atoms with Gasteiger partial charge in [-0.15, -0.1) is 0 Å². The summed E-state index contributed by atoms with van der Waals surface area (Å²) in [5.41, 5.74) is 7.07. The Balaban J connectivity index is 2.03. The maximum absolute atomic E-state index is 13.2. The summed E-state index contributed by atoms with van der Waals surface area (Å²) in [5, 5.41) is 3.73. The normalized spacial score (nSPS) is 10.8. The summed E-state index contributed by atoms with van der Waals surface area (Å²) in [6.07, 6.45) is 0. The molecule has 0 unspecified atom stereocenters. The van der Waals surface area contributed by atoms with Crippen LogP contribution in [0.15, 0.2) is 45.4 Å². The van der Waals surface area contributed by atoms with Crippen LogP contribution in [0.1, 0.15) is 0 Å². The highest BCUT2D eigenvalue weighted by Crippen LogP contribution is 2.27. The van der Waals surface area contributed by atoms with Crippen LogP contribution in [0.3, 0.4) is 0 Å². The molecular formula is C14H8BrF2N3O. The summed E-state index contributed by atoms with van der Waals surface area (Å²) in [7, 11) is 0. The summed E-state index contributed by atoms with van der Waals surface area (Å²) in [6.45, 7) is 0. The molecule has 0 amide bonds. The largest absolute Gasteiger partial charge is 0.399 e. The van der Waals surface area contributed by atoms with Crippen molar-refractivity contribution in [2.45, 2.75) is 0 Å². The molecule has 0 aliphatic rings. The summed E-state index contributed by atoms with van der Waals surface area (Å²) in [5.74, 6) is -1.10. The van der Waals surface area contributed by atoms with E-state index in [1.54, 1.807) is 18.2 Å². The first kappa shape index (κ1) is 13.7. The Morgan fingerprint density at radius 1 is 0.952 bits per heavy atom. The van der Waals surface area contributed by atoms with Gasteiger partial charge in [0.05, 0.1) is 0 Å². The lowest BCUT2D eigenvalue weighted by molar-refractivity contribution is 0.432. The molecule has 21 heavy (non-hydrogen) atoms. The fourth-order valence-electron chi connectivity index (χ4n) is 1.88. The average Bonchev–Trinajstić information content (AvgIpc) is 2.85. The van der Waals surface area contributed by atoms with Crippen LogP contribution < -0.4 is 5.73 Å². The number of nitrogen functional groups attached to an aromatic ring is 1. The first-order chi connectivity index (χ1) is 10.0. The third kappa shape index (κ3) is 2.92. The molecule has 3 aromatic rings. The number of aromatic nitrogens is 2.